The van der Waals surface area contributed by atoms with Gasteiger partial charge in [-0.3, -0.25) is 4.79 Å². The number of aromatic nitrogens is 3. The number of nitrogens with one attached hydrogen (secondary N) is 2. The zero-order chi connectivity index (χ0) is 19.5. The minimum Gasteiger partial charge on any atom is -0.497 e. The van der Waals surface area contributed by atoms with Crippen LogP contribution in [-0.4, -0.2) is 27.6 Å². The lowest BCUT2D eigenvalue weighted by molar-refractivity contribution is -0.114. The monoisotopic (exact) mass is 373 g/mol. The van der Waals surface area contributed by atoms with E-state index >= 15 is 0 Å². The molecule has 2 aromatic carbocycles. The molecular formula is C21H19N5O2. The summed E-state index contributed by atoms with van der Waals surface area (Å²) in [6, 6.07) is 19.1. The van der Waals surface area contributed by atoms with Gasteiger partial charge >= 0.3 is 0 Å². The number of amides is 1. The van der Waals surface area contributed by atoms with Crippen molar-refractivity contribution >= 4 is 28.9 Å². The molecule has 2 aromatic heterocycles. The molecule has 7 heteroatoms. The van der Waals surface area contributed by atoms with E-state index in [9.17, 15) is 4.79 Å². The molecule has 2 N–H and O–H groups in total. The van der Waals surface area contributed by atoms with Crippen molar-refractivity contribution in [2.75, 3.05) is 17.7 Å². The molecule has 0 aliphatic carbocycles. The highest BCUT2D eigenvalue weighted by atomic mass is 16.5. The third kappa shape index (κ3) is 3.64. The number of rotatable bonds is 5. The van der Waals surface area contributed by atoms with Crippen molar-refractivity contribution in [1.82, 2.24) is 14.6 Å². The first-order chi connectivity index (χ1) is 13.6. The van der Waals surface area contributed by atoms with Crippen molar-refractivity contribution in [2.24, 2.45) is 0 Å². The fourth-order valence-electron chi connectivity index (χ4n) is 2.94. The summed E-state index contributed by atoms with van der Waals surface area (Å²) in [7, 11) is 1.65. The maximum atomic E-state index is 11.1. The van der Waals surface area contributed by atoms with Gasteiger partial charge in [0.2, 0.25) is 11.9 Å². The van der Waals surface area contributed by atoms with E-state index in [2.05, 4.69) is 20.7 Å². The lowest BCUT2D eigenvalue weighted by atomic mass is 10.1. The van der Waals surface area contributed by atoms with Crippen LogP contribution in [0.1, 0.15) is 6.92 Å². The standard InChI is InChI=1S/C21H19N5O2/c1-14(27)22-16-8-10-17(11-9-16)23-21-24-20-19(7-4-12-26(20)25-21)15-5-3-6-18(13-15)28-2/h3-13H,1-2H3,(H,22,27)(H,23,25). The van der Waals surface area contributed by atoms with E-state index in [0.717, 1.165) is 33.9 Å². The third-order valence-corrected chi connectivity index (χ3v) is 4.20. The number of hydrogen-bond donors (Lipinski definition) is 2. The van der Waals surface area contributed by atoms with Crippen molar-refractivity contribution in [3.8, 4) is 16.9 Å². The highest BCUT2D eigenvalue weighted by molar-refractivity contribution is 5.88. The molecule has 4 aromatic rings. The van der Waals surface area contributed by atoms with Crippen LogP contribution in [0.3, 0.4) is 0 Å². The molecule has 28 heavy (non-hydrogen) atoms. The molecule has 4 rings (SSSR count). The maximum Gasteiger partial charge on any atom is 0.247 e. The highest BCUT2D eigenvalue weighted by Gasteiger charge is 2.10. The lowest BCUT2D eigenvalue weighted by Crippen LogP contribution is -2.05. The van der Waals surface area contributed by atoms with E-state index in [0.29, 0.717) is 5.95 Å². The summed E-state index contributed by atoms with van der Waals surface area (Å²) < 4.78 is 7.06. The van der Waals surface area contributed by atoms with Crippen LogP contribution in [0, 0.1) is 0 Å². The summed E-state index contributed by atoms with van der Waals surface area (Å²) in [4.78, 5) is 15.8. The van der Waals surface area contributed by atoms with Crippen molar-refractivity contribution < 1.29 is 9.53 Å². The van der Waals surface area contributed by atoms with Crippen LogP contribution in [0.15, 0.2) is 66.9 Å². The Morgan fingerprint density at radius 1 is 1.04 bits per heavy atom. The zero-order valence-electron chi connectivity index (χ0n) is 15.5. The average molecular weight is 373 g/mol. The maximum absolute atomic E-state index is 11.1. The fraction of sp³-hybridized carbons (Fsp3) is 0.0952. The van der Waals surface area contributed by atoms with Crippen LogP contribution >= 0.6 is 0 Å². The smallest absolute Gasteiger partial charge is 0.247 e. The zero-order valence-corrected chi connectivity index (χ0v) is 15.5. The fourth-order valence-corrected chi connectivity index (χ4v) is 2.94. The Morgan fingerprint density at radius 3 is 2.57 bits per heavy atom. The molecular weight excluding hydrogens is 354 g/mol. The van der Waals surface area contributed by atoms with Crippen LogP contribution in [-0.2, 0) is 4.79 Å². The quantitative estimate of drug-likeness (QED) is 0.550. The van der Waals surface area contributed by atoms with Crippen LogP contribution < -0.4 is 15.4 Å². The van der Waals surface area contributed by atoms with Gasteiger partial charge in [0.1, 0.15) is 5.75 Å². The predicted octanol–water partition coefficient (Wildman–Crippen LogP) is 4.11. The number of nitrogens with zero attached hydrogens (tertiary/aromatic N) is 3. The molecule has 0 saturated carbocycles. The number of carbonyl (C=O) groups is 1. The van der Waals surface area contributed by atoms with Gasteiger partial charge < -0.3 is 15.4 Å². The molecule has 0 saturated heterocycles. The molecule has 0 bridgehead atoms. The Bertz CT molecular complexity index is 1140. The van der Waals surface area contributed by atoms with E-state index in [4.69, 9.17) is 4.74 Å². The molecule has 0 aliphatic rings. The second-order valence-electron chi connectivity index (χ2n) is 6.24. The summed E-state index contributed by atoms with van der Waals surface area (Å²) >= 11 is 0. The summed E-state index contributed by atoms with van der Waals surface area (Å²) in [5.41, 5.74) is 4.27. The number of anilines is 3. The molecule has 0 aliphatic heterocycles. The molecule has 1 amide bonds. The topological polar surface area (TPSA) is 80.5 Å². The first kappa shape index (κ1) is 17.5. The molecule has 0 unspecified atom stereocenters. The molecule has 0 atom stereocenters. The van der Waals surface area contributed by atoms with Gasteiger partial charge in [0, 0.05) is 30.1 Å². The van der Waals surface area contributed by atoms with E-state index in [1.165, 1.54) is 6.92 Å². The Kier molecular flexibility index (Phi) is 4.63. The number of hydrogen-bond acceptors (Lipinski definition) is 5. The first-order valence-corrected chi connectivity index (χ1v) is 8.77. The number of methoxy groups -OCH3 is 1. The normalized spacial score (nSPS) is 10.6. The van der Waals surface area contributed by atoms with Gasteiger partial charge in [-0.25, -0.2) is 4.52 Å². The predicted molar refractivity (Wildman–Crippen MR) is 109 cm³/mol. The van der Waals surface area contributed by atoms with Crippen molar-refractivity contribution in [3.05, 3.63) is 66.9 Å². The van der Waals surface area contributed by atoms with Crippen LogP contribution in [0.25, 0.3) is 16.8 Å². The number of carbonyl (C=O) groups excluding carboxylic acids is 1. The Balaban J connectivity index is 1.64. The number of pyridine rings is 1. The summed E-state index contributed by atoms with van der Waals surface area (Å²) in [6.45, 7) is 1.48. The van der Waals surface area contributed by atoms with Gasteiger partial charge in [0.25, 0.3) is 0 Å². The second-order valence-corrected chi connectivity index (χ2v) is 6.24. The SMILES string of the molecule is COc1cccc(-c2cccn3nc(Nc4ccc(NC(C)=O)cc4)nc23)c1. The van der Waals surface area contributed by atoms with Crippen LogP contribution in [0.5, 0.6) is 5.75 Å². The molecule has 2 heterocycles. The van der Waals surface area contributed by atoms with Gasteiger partial charge in [-0.15, -0.1) is 5.10 Å². The second kappa shape index (κ2) is 7.40. The highest BCUT2D eigenvalue weighted by Crippen LogP contribution is 2.27. The number of benzene rings is 2. The van der Waals surface area contributed by atoms with Crippen molar-refractivity contribution in [2.45, 2.75) is 6.92 Å². The first-order valence-electron chi connectivity index (χ1n) is 8.77. The Labute approximate surface area is 162 Å². The molecule has 0 spiro atoms. The van der Waals surface area contributed by atoms with Gasteiger partial charge in [-0.2, -0.15) is 4.98 Å². The van der Waals surface area contributed by atoms with Gasteiger partial charge in [0.15, 0.2) is 5.65 Å². The summed E-state index contributed by atoms with van der Waals surface area (Å²) in [5.74, 6) is 1.17. The van der Waals surface area contributed by atoms with Crippen molar-refractivity contribution in [1.29, 1.82) is 0 Å². The van der Waals surface area contributed by atoms with E-state index in [1.54, 1.807) is 11.6 Å². The van der Waals surface area contributed by atoms with Crippen molar-refractivity contribution in [3.63, 3.8) is 0 Å². The van der Waals surface area contributed by atoms with Crippen LogP contribution in [0.4, 0.5) is 17.3 Å². The van der Waals surface area contributed by atoms with Crippen LogP contribution in [0.2, 0.25) is 0 Å². The largest absolute Gasteiger partial charge is 0.497 e. The third-order valence-electron chi connectivity index (χ3n) is 4.20. The average Bonchev–Trinajstić information content (AvgIpc) is 3.11. The molecule has 0 radical (unpaired) electrons. The summed E-state index contributed by atoms with van der Waals surface area (Å²) in [5, 5.41) is 10.4. The van der Waals surface area contributed by atoms with Gasteiger partial charge in [0.05, 0.1) is 7.11 Å². The Morgan fingerprint density at radius 2 is 1.82 bits per heavy atom. The molecule has 140 valence electrons. The van der Waals surface area contributed by atoms with E-state index in [1.807, 2.05) is 66.9 Å². The molecule has 0 fully saturated rings. The minimum atomic E-state index is -0.104. The van der Waals surface area contributed by atoms with E-state index < -0.39 is 0 Å². The van der Waals surface area contributed by atoms with Gasteiger partial charge in [-0.1, -0.05) is 12.1 Å². The molecule has 7 nitrogen and oxygen atoms in total. The van der Waals surface area contributed by atoms with Gasteiger partial charge in [-0.05, 0) is 54.1 Å². The summed E-state index contributed by atoms with van der Waals surface area (Å²) in [6.07, 6.45) is 1.86. The van der Waals surface area contributed by atoms with E-state index in [-0.39, 0.29) is 5.91 Å². The minimum absolute atomic E-state index is 0.104. The number of fused-ring (bicyclic) bond motifs is 1. The number of ether oxygens (including phenoxy) is 1. The lowest BCUT2D eigenvalue weighted by Gasteiger charge is -2.05. The Hall–Kier alpha value is -3.87.